The zero-order chi connectivity index (χ0) is 14.7. The van der Waals surface area contributed by atoms with Crippen molar-refractivity contribution in [1.82, 2.24) is 5.32 Å². The second kappa shape index (κ2) is 6.21. The SMILES string of the molecule is O=C(O)CN(C(=O)C1CC(O)CN1)c1ccc(Cl)cc1. The van der Waals surface area contributed by atoms with Crippen LogP contribution in [0.2, 0.25) is 5.02 Å². The first kappa shape index (κ1) is 14.8. The molecule has 2 atom stereocenters. The molecule has 1 fully saturated rings. The van der Waals surface area contributed by atoms with Crippen molar-refractivity contribution in [3.8, 4) is 0 Å². The van der Waals surface area contributed by atoms with E-state index in [2.05, 4.69) is 5.32 Å². The van der Waals surface area contributed by atoms with Crippen LogP contribution in [0.1, 0.15) is 6.42 Å². The third-order valence-corrected chi connectivity index (χ3v) is 3.36. The highest BCUT2D eigenvalue weighted by Gasteiger charge is 2.32. The molecule has 1 saturated heterocycles. The van der Waals surface area contributed by atoms with Gasteiger partial charge in [-0.3, -0.25) is 14.5 Å². The molecule has 0 aromatic heterocycles. The lowest BCUT2D eigenvalue weighted by atomic mass is 10.1. The maximum absolute atomic E-state index is 12.4. The molecule has 0 aliphatic carbocycles. The predicted molar refractivity (Wildman–Crippen MR) is 73.9 cm³/mol. The summed E-state index contributed by atoms with van der Waals surface area (Å²) in [6, 6.07) is 5.80. The summed E-state index contributed by atoms with van der Waals surface area (Å²) in [5, 5.41) is 21.8. The summed E-state index contributed by atoms with van der Waals surface area (Å²) in [6.07, 6.45) is -0.302. The van der Waals surface area contributed by atoms with Gasteiger partial charge in [-0.15, -0.1) is 0 Å². The molecule has 1 aliphatic rings. The van der Waals surface area contributed by atoms with Gasteiger partial charge in [-0.2, -0.15) is 0 Å². The fourth-order valence-corrected chi connectivity index (χ4v) is 2.27. The van der Waals surface area contributed by atoms with Crippen LogP contribution in [0.15, 0.2) is 24.3 Å². The first-order chi connectivity index (χ1) is 9.47. The van der Waals surface area contributed by atoms with Crippen molar-refractivity contribution < 1.29 is 19.8 Å². The minimum absolute atomic E-state index is 0.280. The number of carboxylic acids is 1. The summed E-state index contributed by atoms with van der Waals surface area (Å²) < 4.78 is 0. The zero-order valence-corrected chi connectivity index (χ0v) is 11.4. The number of hydrogen-bond acceptors (Lipinski definition) is 4. The largest absolute Gasteiger partial charge is 0.480 e. The van der Waals surface area contributed by atoms with Gasteiger partial charge < -0.3 is 15.5 Å². The first-order valence-corrected chi connectivity index (χ1v) is 6.55. The normalized spacial score (nSPS) is 21.7. The van der Waals surface area contributed by atoms with Crippen molar-refractivity contribution in [2.75, 3.05) is 18.0 Å². The summed E-state index contributed by atoms with van der Waals surface area (Å²) in [4.78, 5) is 24.5. The zero-order valence-electron chi connectivity index (χ0n) is 10.6. The minimum atomic E-state index is -1.10. The summed E-state index contributed by atoms with van der Waals surface area (Å²) in [5.41, 5.74) is 0.463. The molecule has 3 N–H and O–H groups in total. The van der Waals surface area contributed by atoms with Crippen LogP contribution in [0.4, 0.5) is 5.69 Å². The molecule has 1 aromatic rings. The Morgan fingerprint density at radius 1 is 1.35 bits per heavy atom. The van der Waals surface area contributed by atoms with E-state index in [0.29, 0.717) is 17.3 Å². The lowest BCUT2D eigenvalue weighted by Crippen LogP contribution is -2.46. The first-order valence-electron chi connectivity index (χ1n) is 6.17. The number of nitrogens with one attached hydrogen (secondary N) is 1. The lowest BCUT2D eigenvalue weighted by molar-refractivity contribution is -0.136. The number of aliphatic hydroxyl groups excluding tert-OH is 1. The Morgan fingerprint density at radius 3 is 2.50 bits per heavy atom. The number of carbonyl (C=O) groups is 2. The number of nitrogens with zero attached hydrogens (tertiary/aromatic N) is 1. The summed E-state index contributed by atoms with van der Waals surface area (Å²) in [7, 11) is 0. The van der Waals surface area contributed by atoms with Gasteiger partial charge in [0.05, 0.1) is 12.1 Å². The van der Waals surface area contributed by atoms with E-state index in [9.17, 15) is 14.7 Å². The van der Waals surface area contributed by atoms with E-state index in [0.717, 1.165) is 0 Å². The van der Waals surface area contributed by atoms with Gasteiger partial charge in [0.2, 0.25) is 5.91 Å². The second-order valence-electron chi connectivity index (χ2n) is 4.64. The van der Waals surface area contributed by atoms with Crippen LogP contribution in [0.25, 0.3) is 0 Å². The van der Waals surface area contributed by atoms with Gasteiger partial charge >= 0.3 is 5.97 Å². The number of benzene rings is 1. The maximum atomic E-state index is 12.4. The lowest BCUT2D eigenvalue weighted by Gasteiger charge is -2.24. The molecule has 108 valence electrons. The van der Waals surface area contributed by atoms with Crippen molar-refractivity contribution in [2.24, 2.45) is 0 Å². The molecular formula is C13H15ClN2O4. The van der Waals surface area contributed by atoms with E-state index in [4.69, 9.17) is 16.7 Å². The van der Waals surface area contributed by atoms with Gasteiger partial charge in [-0.05, 0) is 30.7 Å². The topological polar surface area (TPSA) is 89.9 Å². The molecular weight excluding hydrogens is 284 g/mol. The molecule has 6 nitrogen and oxygen atoms in total. The molecule has 2 unspecified atom stereocenters. The van der Waals surface area contributed by atoms with E-state index in [1.54, 1.807) is 24.3 Å². The fourth-order valence-electron chi connectivity index (χ4n) is 2.15. The fraction of sp³-hybridized carbons (Fsp3) is 0.385. The van der Waals surface area contributed by atoms with Crippen LogP contribution in [0.3, 0.4) is 0 Å². The molecule has 1 aliphatic heterocycles. The van der Waals surface area contributed by atoms with Crippen LogP contribution >= 0.6 is 11.6 Å². The van der Waals surface area contributed by atoms with Crippen molar-refractivity contribution in [1.29, 1.82) is 0 Å². The molecule has 0 bridgehead atoms. The van der Waals surface area contributed by atoms with Crippen molar-refractivity contribution in [2.45, 2.75) is 18.6 Å². The number of anilines is 1. The van der Waals surface area contributed by atoms with Gasteiger partial charge in [0.15, 0.2) is 0 Å². The highest BCUT2D eigenvalue weighted by molar-refractivity contribution is 6.30. The Balaban J connectivity index is 2.20. The summed E-state index contributed by atoms with van der Waals surface area (Å²) in [5.74, 6) is -1.47. The number of amides is 1. The molecule has 0 spiro atoms. The maximum Gasteiger partial charge on any atom is 0.323 e. The summed E-state index contributed by atoms with van der Waals surface area (Å²) in [6.45, 7) is -0.104. The molecule has 2 rings (SSSR count). The molecule has 1 heterocycles. The average molecular weight is 299 g/mol. The van der Waals surface area contributed by atoms with E-state index < -0.39 is 24.7 Å². The molecule has 0 radical (unpaired) electrons. The number of aliphatic hydroxyl groups is 1. The van der Waals surface area contributed by atoms with Gasteiger partial charge in [-0.25, -0.2) is 0 Å². The van der Waals surface area contributed by atoms with Crippen molar-refractivity contribution in [3.63, 3.8) is 0 Å². The average Bonchev–Trinajstić information content (AvgIpc) is 2.83. The predicted octanol–water partition coefficient (Wildman–Crippen LogP) is 0.480. The highest BCUT2D eigenvalue weighted by atomic mass is 35.5. The van der Waals surface area contributed by atoms with Crippen LogP contribution in [-0.2, 0) is 9.59 Å². The Hall–Kier alpha value is -1.63. The van der Waals surface area contributed by atoms with Gasteiger partial charge in [0, 0.05) is 17.3 Å². The van der Waals surface area contributed by atoms with Crippen LogP contribution in [-0.4, -0.2) is 47.3 Å². The third kappa shape index (κ3) is 3.47. The number of β-amino-alcohol motifs (C(OH)–C–C–N with tert-alkyl or cyclic N) is 1. The Labute approximate surface area is 121 Å². The third-order valence-electron chi connectivity index (χ3n) is 3.10. The number of carbonyl (C=O) groups excluding carboxylic acids is 1. The smallest absolute Gasteiger partial charge is 0.323 e. The van der Waals surface area contributed by atoms with E-state index in [-0.39, 0.29) is 12.3 Å². The molecule has 7 heteroatoms. The summed E-state index contributed by atoms with van der Waals surface area (Å²) >= 11 is 5.78. The Morgan fingerprint density at radius 2 is 2.00 bits per heavy atom. The number of aliphatic carboxylic acids is 1. The molecule has 0 saturated carbocycles. The number of halogens is 1. The van der Waals surface area contributed by atoms with E-state index in [1.165, 1.54) is 4.90 Å². The van der Waals surface area contributed by atoms with E-state index in [1.807, 2.05) is 0 Å². The van der Waals surface area contributed by atoms with Crippen LogP contribution < -0.4 is 10.2 Å². The monoisotopic (exact) mass is 298 g/mol. The van der Waals surface area contributed by atoms with Gasteiger partial charge in [-0.1, -0.05) is 11.6 Å². The Kier molecular flexibility index (Phi) is 4.59. The van der Waals surface area contributed by atoms with Crippen LogP contribution in [0, 0.1) is 0 Å². The van der Waals surface area contributed by atoms with E-state index >= 15 is 0 Å². The second-order valence-corrected chi connectivity index (χ2v) is 5.08. The Bertz CT molecular complexity index is 506. The number of hydrogen-bond donors (Lipinski definition) is 3. The quantitative estimate of drug-likeness (QED) is 0.752. The minimum Gasteiger partial charge on any atom is -0.480 e. The molecule has 1 aromatic carbocycles. The molecule has 1 amide bonds. The van der Waals surface area contributed by atoms with Crippen LogP contribution in [0.5, 0.6) is 0 Å². The standard InChI is InChI=1S/C13H15ClN2O4/c14-8-1-3-9(4-2-8)16(7-12(18)19)13(20)11-5-10(17)6-15-11/h1-4,10-11,15,17H,5-7H2,(H,18,19). The highest BCUT2D eigenvalue weighted by Crippen LogP contribution is 2.20. The van der Waals surface area contributed by atoms with Crippen molar-refractivity contribution in [3.05, 3.63) is 29.3 Å². The van der Waals surface area contributed by atoms with Gasteiger partial charge in [0.1, 0.15) is 6.54 Å². The number of carboxylic acid groups (broad SMARTS) is 1. The number of rotatable bonds is 4. The molecule has 20 heavy (non-hydrogen) atoms. The van der Waals surface area contributed by atoms with Gasteiger partial charge in [0.25, 0.3) is 0 Å². The van der Waals surface area contributed by atoms with Crippen molar-refractivity contribution >= 4 is 29.2 Å².